The van der Waals surface area contributed by atoms with Crippen LogP contribution in [0.5, 0.6) is 0 Å². The van der Waals surface area contributed by atoms with Crippen LogP contribution < -0.4 is 5.32 Å². The lowest BCUT2D eigenvalue weighted by Crippen LogP contribution is -2.23. The summed E-state index contributed by atoms with van der Waals surface area (Å²) in [6.45, 7) is 2.61. The van der Waals surface area contributed by atoms with Crippen LogP contribution in [0.15, 0.2) is 30.3 Å². The molecule has 0 spiro atoms. The Labute approximate surface area is 72.8 Å². The first-order valence-electron chi connectivity index (χ1n) is 4.00. The Morgan fingerprint density at radius 2 is 2.08 bits per heavy atom. The molecule has 0 saturated heterocycles. The van der Waals surface area contributed by atoms with Gasteiger partial charge in [0.15, 0.2) is 0 Å². The molecule has 0 saturated carbocycles. The third kappa shape index (κ3) is 2.73. The van der Waals surface area contributed by atoms with Gasteiger partial charge in [0, 0.05) is 6.54 Å². The first-order chi connectivity index (χ1) is 5.83. The molecule has 0 bridgehead atoms. The second kappa shape index (κ2) is 4.53. The van der Waals surface area contributed by atoms with Gasteiger partial charge >= 0.3 is 0 Å². The zero-order valence-corrected chi connectivity index (χ0v) is 7.12. The normalized spacial score (nSPS) is 12.0. The molecule has 0 amide bonds. The average molecular weight is 160 g/mol. The van der Waals surface area contributed by atoms with Crippen LogP contribution in [0.3, 0.4) is 0 Å². The third-order valence-electron chi connectivity index (χ3n) is 1.65. The molecule has 1 aromatic carbocycles. The van der Waals surface area contributed by atoms with E-state index >= 15 is 0 Å². The largest absolute Gasteiger partial charge is 0.298 e. The Morgan fingerprint density at radius 1 is 1.42 bits per heavy atom. The summed E-state index contributed by atoms with van der Waals surface area (Å²) >= 11 is 0. The lowest BCUT2D eigenvalue weighted by Gasteiger charge is -2.04. The second-order valence-electron chi connectivity index (χ2n) is 2.72. The van der Waals surface area contributed by atoms with Crippen molar-refractivity contribution in [2.45, 2.75) is 19.5 Å². The van der Waals surface area contributed by atoms with Gasteiger partial charge in [-0.2, -0.15) is 5.26 Å². The highest BCUT2D eigenvalue weighted by atomic mass is 14.9. The van der Waals surface area contributed by atoms with E-state index in [0.29, 0.717) is 0 Å². The highest BCUT2D eigenvalue weighted by molar-refractivity contribution is 5.14. The first kappa shape index (κ1) is 8.76. The van der Waals surface area contributed by atoms with Gasteiger partial charge in [0.05, 0.1) is 12.1 Å². The van der Waals surface area contributed by atoms with Crippen LogP contribution in [0.2, 0.25) is 0 Å². The highest BCUT2D eigenvalue weighted by Gasteiger charge is 1.96. The maximum Gasteiger partial charge on any atom is 0.0927 e. The zero-order valence-electron chi connectivity index (χ0n) is 7.12. The minimum Gasteiger partial charge on any atom is -0.298 e. The predicted octanol–water partition coefficient (Wildman–Crippen LogP) is 1.69. The molecule has 1 atom stereocenters. The minimum absolute atomic E-state index is 0.0785. The minimum atomic E-state index is -0.0785. The topological polar surface area (TPSA) is 35.8 Å². The number of hydrogen-bond acceptors (Lipinski definition) is 2. The molecule has 0 aliphatic heterocycles. The monoisotopic (exact) mass is 160 g/mol. The van der Waals surface area contributed by atoms with Crippen LogP contribution in [-0.2, 0) is 6.54 Å². The lowest BCUT2D eigenvalue weighted by atomic mass is 10.2. The van der Waals surface area contributed by atoms with Crippen molar-refractivity contribution < 1.29 is 0 Å². The van der Waals surface area contributed by atoms with Crippen molar-refractivity contribution >= 4 is 0 Å². The Balaban J connectivity index is 2.40. The van der Waals surface area contributed by atoms with Crippen molar-refractivity contribution in [1.29, 1.82) is 5.26 Å². The number of nitriles is 1. The number of benzene rings is 1. The molecular formula is C10H12N2. The standard InChI is InChI=1S/C10H12N2/c1-9(7-11)12-8-10-5-3-2-4-6-10/h2-6,9,12H,8H2,1H3. The average Bonchev–Trinajstić information content (AvgIpc) is 2.16. The summed E-state index contributed by atoms with van der Waals surface area (Å²) in [5.41, 5.74) is 1.21. The van der Waals surface area contributed by atoms with Crippen LogP contribution in [0.4, 0.5) is 0 Å². The Kier molecular flexibility index (Phi) is 3.31. The fourth-order valence-electron chi connectivity index (χ4n) is 0.912. The van der Waals surface area contributed by atoms with E-state index in [-0.39, 0.29) is 6.04 Å². The van der Waals surface area contributed by atoms with Crippen LogP contribution >= 0.6 is 0 Å². The van der Waals surface area contributed by atoms with Crippen molar-refractivity contribution in [2.24, 2.45) is 0 Å². The fraction of sp³-hybridized carbons (Fsp3) is 0.300. The maximum absolute atomic E-state index is 8.50. The summed E-state index contributed by atoms with van der Waals surface area (Å²) in [7, 11) is 0. The molecular weight excluding hydrogens is 148 g/mol. The molecule has 0 heterocycles. The molecule has 1 N–H and O–H groups in total. The number of nitrogens with one attached hydrogen (secondary N) is 1. The van der Waals surface area contributed by atoms with Gasteiger partial charge < -0.3 is 0 Å². The van der Waals surface area contributed by atoms with E-state index in [0.717, 1.165) is 6.54 Å². The van der Waals surface area contributed by atoms with Gasteiger partial charge in [-0.25, -0.2) is 0 Å². The maximum atomic E-state index is 8.50. The Morgan fingerprint density at radius 3 is 2.67 bits per heavy atom. The lowest BCUT2D eigenvalue weighted by molar-refractivity contribution is 0.642. The molecule has 0 radical (unpaired) electrons. The van der Waals surface area contributed by atoms with Crippen LogP contribution in [0, 0.1) is 11.3 Å². The molecule has 1 unspecified atom stereocenters. The molecule has 0 aliphatic rings. The van der Waals surface area contributed by atoms with E-state index in [1.165, 1.54) is 5.56 Å². The molecule has 0 aliphatic carbocycles. The molecule has 0 fully saturated rings. The van der Waals surface area contributed by atoms with E-state index in [1.807, 2.05) is 37.3 Å². The quantitative estimate of drug-likeness (QED) is 0.730. The van der Waals surface area contributed by atoms with Crippen molar-refractivity contribution in [3.63, 3.8) is 0 Å². The molecule has 12 heavy (non-hydrogen) atoms. The number of hydrogen-bond donors (Lipinski definition) is 1. The summed E-state index contributed by atoms with van der Waals surface area (Å²) < 4.78 is 0. The van der Waals surface area contributed by atoms with E-state index in [1.54, 1.807) is 0 Å². The summed E-state index contributed by atoms with van der Waals surface area (Å²) in [5.74, 6) is 0. The zero-order chi connectivity index (χ0) is 8.81. The van der Waals surface area contributed by atoms with Crippen LogP contribution in [-0.4, -0.2) is 6.04 Å². The molecule has 2 nitrogen and oxygen atoms in total. The van der Waals surface area contributed by atoms with E-state index in [4.69, 9.17) is 5.26 Å². The third-order valence-corrected chi connectivity index (χ3v) is 1.65. The molecule has 2 heteroatoms. The van der Waals surface area contributed by atoms with Crippen LogP contribution in [0.25, 0.3) is 0 Å². The molecule has 0 aromatic heterocycles. The summed E-state index contributed by atoms with van der Waals surface area (Å²) in [5, 5.41) is 11.6. The van der Waals surface area contributed by atoms with Gasteiger partial charge in [0.1, 0.15) is 0 Å². The smallest absolute Gasteiger partial charge is 0.0927 e. The first-order valence-corrected chi connectivity index (χ1v) is 4.00. The van der Waals surface area contributed by atoms with Gasteiger partial charge in [0.2, 0.25) is 0 Å². The highest BCUT2D eigenvalue weighted by Crippen LogP contribution is 1.97. The molecule has 1 rings (SSSR count). The van der Waals surface area contributed by atoms with Gasteiger partial charge in [-0.3, -0.25) is 5.32 Å². The summed E-state index contributed by atoms with van der Waals surface area (Å²) in [6.07, 6.45) is 0. The fourth-order valence-corrected chi connectivity index (χ4v) is 0.912. The van der Waals surface area contributed by atoms with E-state index < -0.39 is 0 Å². The van der Waals surface area contributed by atoms with Gasteiger partial charge in [-0.15, -0.1) is 0 Å². The summed E-state index contributed by atoms with van der Waals surface area (Å²) in [4.78, 5) is 0. The van der Waals surface area contributed by atoms with Crippen molar-refractivity contribution in [3.8, 4) is 6.07 Å². The van der Waals surface area contributed by atoms with E-state index in [9.17, 15) is 0 Å². The Bertz CT molecular complexity index is 261. The van der Waals surface area contributed by atoms with Gasteiger partial charge in [0.25, 0.3) is 0 Å². The van der Waals surface area contributed by atoms with Crippen LogP contribution in [0.1, 0.15) is 12.5 Å². The van der Waals surface area contributed by atoms with E-state index in [2.05, 4.69) is 11.4 Å². The van der Waals surface area contributed by atoms with Crippen molar-refractivity contribution in [1.82, 2.24) is 5.32 Å². The summed E-state index contributed by atoms with van der Waals surface area (Å²) in [6, 6.07) is 12.1. The van der Waals surface area contributed by atoms with Gasteiger partial charge in [-0.1, -0.05) is 30.3 Å². The number of nitrogens with zero attached hydrogens (tertiary/aromatic N) is 1. The van der Waals surface area contributed by atoms with Crippen molar-refractivity contribution in [3.05, 3.63) is 35.9 Å². The predicted molar refractivity (Wildman–Crippen MR) is 48.4 cm³/mol. The molecule has 62 valence electrons. The molecule has 1 aromatic rings. The SMILES string of the molecule is CC(C#N)NCc1ccccc1. The van der Waals surface area contributed by atoms with Gasteiger partial charge in [-0.05, 0) is 12.5 Å². The second-order valence-corrected chi connectivity index (χ2v) is 2.72. The number of rotatable bonds is 3. The van der Waals surface area contributed by atoms with Crippen molar-refractivity contribution in [2.75, 3.05) is 0 Å². The Hall–Kier alpha value is -1.33.